The number of carbonyl (C=O) groups excluding carboxylic acids is 2. The Morgan fingerprint density at radius 3 is 1.89 bits per heavy atom. The Kier molecular flexibility index (Phi) is 8.31. The summed E-state index contributed by atoms with van der Waals surface area (Å²) in [5.74, 6) is 0.185. The minimum Gasteiger partial charge on any atom is -0.394 e. The predicted octanol–water partition coefficient (Wildman–Crippen LogP) is -3.12. The Morgan fingerprint density at radius 1 is 0.914 bits per heavy atom. The Balaban J connectivity index is 0.000000196. The Morgan fingerprint density at radius 2 is 1.40 bits per heavy atom. The number of aliphatic hydroxyl groups excluding tert-OH is 5. The molecule has 9 N–H and O–H groups in total. The molecule has 7 unspecified atom stereocenters. The van der Waals surface area contributed by atoms with Crippen LogP contribution in [0.1, 0.15) is 26.7 Å². The first kappa shape index (κ1) is 27.2. The van der Waals surface area contributed by atoms with E-state index >= 15 is 0 Å². The maximum Gasteiger partial charge on any atom is 0.347 e. The maximum absolute atomic E-state index is 11.8. The van der Waals surface area contributed by atoms with Gasteiger partial charge in [-0.05, 0) is 0 Å². The van der Waals surface area contributed by atoms with Crippen LogP contribution in [0.5, 0.6) is 0 Å². The van der Waals surface area contributed by atoms with Crippen LogP contribution in [0.25, 0.3) is 0 Å². The second kappa shape index (κ2) is 10.7. The molecule has 4 aliphatic heterocycles. The summed E-state index contributed by atoms with van der Waals surface area (Å²) in [4.78, 5) is 33.3. The Bertz CT molecular complexity index is 868. The lowest BCUT2D eigenvalue weighted by molar-refractivity contribution is -0.0686. The van der Waals surface area contributed by atoms with Crippen LogP contribution in [0, 0.1) is 5.41 Å². The van der Waals surface area contributed by atoms with Crippen molar-refractivity contribution in [1.29, 1.82) is 0 Å². The lowest BCUT2D eigenvalue weighted by Gasteiger charge is -2.38. The van der Waals surface area contributed by atoms with Crippen LogP contribution in [0.15, 0.2) is 9.98 Å². The van der Waals surface area contributed by atoms with Gasteiger partial charge in [0, 0.05) is 24.8 Å². The van der Waals surface area contributed by atoms with E-state index in [-0.39, 0.29) is 38.4 Å². The van der Waals surface area contributed by atoms with Gasteiger partial charge in [-0.3, -0.25) is 9.80 Å². The quantitative estimate of drug-likeness (QED) is 0.203. The molecule has 2 fully saturated rings. The third kappa shape index (κ3) is 5.88. The van der Waals surface area contributed by atoms with E-state index in [4.69, 9.17) is 31.2 Å². The van der Waals surface area contributed by atoms with Gasteiger partial charge in [-0.1, -0.05) is 13.8 Å². The largest absolute Gasteiger partial charge is 0.394 e. The lowest BCUT2D eigenvalue weighted by Crippen LogP contribution is -2.53. The van der Waals surface area contributed by atoms with Crippen molar-refractivity contribution in [2.45, 2.75) is 69.7 Å². The topological polar surface area (TPSA) is 237 Å². The highest BCUT2D eigenvalue weighted by molar-refractivity contribution is 5.98. The fourth-order valence-electron chi connectivity index (χ4n) is 4.11. The number of hydrogen-bond acceptors (Lipinski definition) is 11. The first-order chi connectivity index (χ1) is 16.4. The molecule has 2 saturated heterocycles. The van der Waals surface area contributed by atoms with Crippen molar-refractivity contribution in [3.63, 3.8) is 0 Å². The number of amidine groups is 2. The molecule has 0 radical (unpaired) electrons. The summed E-state index contributed by atoms with van der Waals surface area (Å²) in [6.45, 7) is 3.54. The summed E-state index contributed by atoms with van der Waals surface area (Å²) < 4.78 is 10.8. The zero-order chi connectivity index (χ0) is 26.1. The van der Waals surface area contributed by atoms with Crippen molar-refractivity contribution in [3.8, 4) is 0 Å². The molecule has 4 rings (SSSR count). The van der Waals surface area contributed by atoms with E-state index in [1.54, 1.807) is 0 Å². The van der Waals surface area contributed by atoms with E-state index in [0.29, 0.717) is 12.4 Å². The van der Waals surface area contributed by atoms with Crippen LogP contribution in [0.3, 0.4) is 0 Å². The van der Waals surface area contributed by atoms with Crippen LogP contribution >= 0.6 is 0 Å². The molecular formula is C20H34N6O9. The number of rotatable bonds is 4. The maximum atomic E-state index is 11.8. The number of hydrogen-bond donors (Lipinski definition) is 7. The van der Waals surface area contributed by atoms with Crippen LogP contribution in [0.2, 0.25) is 0 Å². The van der Waals surface area contributed by atoms with Crippen molar-refractivity contribution < 1.29 is 44.6 Å². The van der Waals surface area contributed by atoms with E-state index in [9.17, 15) is 24.9 Å². The van der Waals surface area contributed by atoms with Gasteiger partial charge in [-0.25, -0.2) is 9.59 Å². The van der Waals surface area contributed by atoms with Crippen LogP contribution in [-0.4, -0.2) is 128 Å². The molecule has 4 amide bonds. The second-order valence-corrected chi connectivity index (χ2v) is 9.51. The second-order valence-electron chi connectivity index (χ2n) is 9.51. The number of aliphatic imine (C=N–C) groups is 2. The molecule has 198 valence electrons. The number of ether oxygens (including phenoxy) is 2. The van der Waals surface area contributed by atoms with E-state index in [1.165, 1.54) is 9.80 Å². The summed E-state index contributed by atoms with van der Waals surface area (Å²) in [6, 6.07) is -1.06. The van der Waals surface area contributed by atoms with Gasteiger partial charge in [0.2, 0.25) is 0 Å². The van der Waals surface area contributed by atoms with E-state index < -0.39 is 60.5 Å². The van der Waals surface area contributed by atoms with Gasteiger partial charge in [-0.2, -0.15) is 9.98 Å². The average molecular weight is 503 g/mol. The molecule has 0 aliphatic carbocycles. The fraction of sp³-hybridized carbons (Fsp3) is 0.800. The molecule has 15 nitrogen and oxygen atoms in total. The van der Waals surface area contributed by atoms with Crippen molar-refractivity contribution in [2.24, 2.45) is 26.9 Å². The molecule has 0 aromatic rings. The number of amides is 4. The molecule has 15 heteroatoms. The normalized spacial score (nSPS) is 37.1. The number of β-amino-alcohol motifs (C(OH)–C–C–N with tert-alkyl or cyclic N) is 1. The number of carbonyl (C=O) groups is 2. The van der Waals surface area contributed by atoms with E-state index in [0.717, 1.165) is 0 Å². The van der Waals surface area contributed by atoms with Crippen molar-refractivity contribution in [1.82, 2.24) is 9.80 Å². The minimum atomic E-state index is -1.03. The van der Waals surface area contributed by atoms with E-state index in [1.807, 2.05) is 13.8 Å². The first-order valence-electron chi connectivity index (χ1n) is 11.2. The monoisotopic (exact) mass is 502 g/mol. The highest BCUT2D eigenvalue weighted by atomic mass is 16.6. The molecule has 35 heavy (non-hydrogen) atoms. The summed E-state index contributed by atoms with van der Waals surface area (Å²) in [5, 5.41) is 46.7. The first-order valence-corrected chi connectivity index (χ1v) is 11.2. The molecule has 0 saturated carbocycles. The molecular weight excluding hydrogens is 468 g/mol. The molecule has 4 heterocycles. The molecule has 4 aliphatic rings. The molecule has 0 bridgehead atoms. The summed E-state index contributed by atoms with van der Waals surface area (Å²) >= 11 is 0. The third-order valence-electron chi connectivity index (χ3n) is 6.37. The van der Waals surface area contributed by atoms with Gasteiger partial charge >= 0.3 is 12.1 Å². The third-order valence-corrected chi connectivity index (χ3v) is 6.37. The number of aliphatic hydroxyl groups is 5. The summed E-state index contributed by atoms with van der Waals surface area (Å²) in [5.41, 5.74) is 10.6. The van der Waals surface area contributed by atoms with Crippen molar-refractivity contribution in [2.75, 3.05) is 26.3 Å². The Hall–Kier alpha value is -2.40. The van der Waals surface area contributed by atoms with Crippen LogP contribution < -0.4 is 11.5 Å². The predicted molar refractivity (Wildman–Crippen MR) is 120 cm³/mol. The smallest absolute Gasteiger partial charge is 0.347 e. The molecule has 0 spiro atoms. The average Bonchev–Trinajstić information content (AvgIpc) is 3.35. The molecule has 0 aromatic heterocycles. The van der Waals surface area contributed by atoms with Crippen LogP contribution in [-0.2, 0) is 9.47 Å². The standard InChI is InChI=1S/C11H19N3O4.C9H15N3O5/c1-11(2)5-14(10(17)13-9(11)12)8-3-6(16)7(4-15)18-8;10-8-5(15)2-12(9(16)11-8)7-1-4(14)6(3-13)17-7/h6-8,15-16H,3-5H2,1-2H3,(H2,12,13,17);4-7,13-15H,1-3H2,(H2,10,11,16). The van der Waals surface area contributed by atoms with Gasteiger partial charge in [0.25, 0.3) is 0 Å². The van der Waals surface area contributed by atoms with E-state index in [2.05, 4.69) is 9.98 Å². The summed E-state index contributed by atoms with van der Waals surface area (Å²) in [6.07, 6.45) is -4.77. The minimum absolute atomic E-state index is 0.0241. The fourth-order valence-corrected chi connectivity index (χ4v) is 4.11. The molecule has 7 atom stereocenters. The van der Waals surface area contributed by atoms with Crippen molar-refractivity contribution >= 4 is 23.7 Å². The zero-order valence-corrected chi connectivity index (χ0v) is 19.6. The lowest BCUT2D eigenvalue weighted by atomic mass is 9.90. The van der Waals surface area contributed by atoms with Gasteiger partial charge in [0.05, 0.1) is 32.0 Å². The van der Waals surface area contributed by atoms with Gasteiger partial charge in [0.15, 0.2) is 0 Å². The Labute approximate surface area is 201 Å². The van der Waals surface area contributed by atoms with Gasteiger partial charge in [0.1, 0.15) is 42.4 Å². The number of nitrogens with zero attached hydrogens (tertiary/aromatic N) is 4. The molecule has 0 aromatic carbocycles. The van der Waals surface area contributed by atoms with Gasteiger partial charge < -0.3 is 46.5 Å². The van der Waals surface area contributed by atoms with Gasteiger partial charge in [-0.15, -0.1) is 0 Å². The SMILES string of the molecule is CC1(C)CN(C2CC(O)C(CO)O2)C(=O)N=C1N.NC1=NC(=O)N(C2CC(O)C(CO)O2)CC1O. The zero-order valence-electron chi connectivity index (χ0n) is 19.6. The van der Waals surface area contributed by atoms with Crippen molar-refractivity contribution in [3.05, 3.63) is 0 Å². The summed E-state index contributed by atoms with van der Waals surface area (Å²) in [7, 11) is 0. The highest BCUT2D eigenvalue weighted by Crippen LogP contribution is 2.30. The number of urea groups is 2. The number of nitrogens with two attached hydrogens (primary N) is 2. The van der Waals surface area contributed by atoms with Crippen LogP contribution in [0.4, 0.5) is 9.59 Å². The highest BCUT2D eigenvalue weighted by Gasteiger charge is 2.44.